The predicted octanol–water partition coefficient (Wildman–Crippen LogP) is -0.432. The van der Waals surface area contributed by atoms with Crippen molar-refractivity contribution in [3.8, 4) is 11.6 Å². The van der Waals surface area contributed by atoms with Crippen LogP contribution in [0, 0.1) is 5.21 Å². The molecule has 0 amide bonds. The van der Waals surface area contributed by atoms with Gasteiger partial charge < -0.3 is 25.1 Å². The van der Waals surface area contributed by atoms with Crippen LogP contribution in [-0.4, -0.2) is 34.1 Å². The Labute approximate surface area is 83.6 Å². The van der Waals surface area contributed by atoms with E-state index in [1.54, 1.807) is 0 Å². The quantitative estimate of drug-likeness (QED) is 0.402. The summed E-state index contributed by atoms with van der Waals surface area (Å²) in [5.41, 5.74) is -0.141. The van der Waals surface area contributed by atoms with E-state index in [9.17, 15) is 15.6 Å². The van der Waals surface area contributed by atoms with Gasteiger partial charge in [0.25, 0.3) is 17.7 Å². The van der Waals surface area contributed by atoms with Crippen molar-refractivity contribution in [2.75, 3.05) is 14.2 Å². The van der Waals surface area contributed by atoms with E-state index in [1.807, 2.05) is 0 Å². The Morgan fingerprint density at radius 1 is 1.33 bits per heavy atom. The summed E-state index contributed by atoms with van der Waals surface area (Å²) in [5.74, 6) is -0.00620. The molecule has 0 fully saturated rings. The highest BCUT2D eigenvalue weighted by Crippen LogP contribution is 2.35. The summed E-state index contributed by atoms with van der Waals surface area (Å²) in [6, 6.07) is 0. The molecule has 0 aliphatic carbocycles. The minimum Gasteiger partial charge on any atom is -0.710 e. The largest absolute Gasteiger partial charge is 0.710 e. The lowest BCUT2D eigenvalue weighted by Crippen LogP contribution is -2.23. The van der Waals surface area contributed by atoms with Crippen molar-refractivity contribution in [3.63, 3.8) is 0 Å². The van der Waals surface area contributed by atoms with E-state index < -0.39 is 0 Å². The average Bonchev–Trinajstić information content (AvgIpc) is 2.64. The van der Waals surface area contributed by atoms with Gasteiger partial charge in [-0.1, -0.05) is 0 Å². The van der Waals surface area contributed by atoms with Gasteiger partial charge in [-0.25, -0.2) is 4.73 Å². The fourth-order valence-corrected chi connectivity index (χ4v) is 1.47. The lowest BCUT2D eigenvalue weighted by Gasteiger charge is -2.02. The average molecular weight is 215 g/mol. The monoisotopic (exact) mass is 215 g/mol. The SMILES string of the molecule is COc1c(OC)n(O)c2c1[n+]([O-])cn2O. The summed E-state index contributed by atoms with van der Waals surface area (Å²) in [6.45, 7) is 0. The van der Waals surface area contributed by atoms with E-state index in [1.165, 1.54) is 14.2 Å². The van der Waals surface area contributed by atoms with Crippen molar-refractivity contribution >= 4 is 11.2 Å². The first kappa shape index (κ1) is 9.31. The maximum Gasteiger partial charge on any atom is 0.331 e. The molecule has 0 aliphatic heterocycles. The molecule has 8 nitrogen and oxygen atoms in total. The highest BCUT2D eigenvalue weighted by atomic mass is 16.6. The number of hydrogen-bond donors (Lipinski definition) is 2. The minimum atomic E-state index is -0.126. The normalized spacial score (nSPS) is 10.8. The van der Waals surface area contributed by atoms with E-state index in [0.29, 0.717) is 14.2 Å². The summed E-state index contributed by atoms with van der Waals surface area (Å²) in [5, 5.41) is 30.2. The van der Waals surface area contributed by atoms with Gasteiger partial charge in [0.2, 0.25) is 5.75 Å². The van der Waals surface area contributed by atoms with Crippen LogP contribution in [-0.2, 0) is 0 Å². The van der Waals surface area contributed by atoms with Crippen molar-refractivity contribution in [2.45, 2.75) is 0 Å². The number of fused-ring (bicyclic) bond motifs is 1. The highest BCUT2D eigenvalue weighted by Gasteiger charge is 2.30. The predicted molar refractivity (Wildman–Crippen MR) is 46.4 cm³/mol. The fourth-order valence-electron chi connectivity index (χ4n) is 1.47. The van der Waals surface area contributed by atoms with Crippen LogP contribution in [0.3, 0.4) is 0 Å². The second-order valence-electron chi connectivity index (χ2n) is 2.81. The third-order valence-electron chi connectivity index (χ3n) is 2.06. The lowest BCUT2D eigenvalue weighted by atomic mass is 10.5. The van der Waals surface area contributed by atoms with Crippen LogP contribution in [0.25, 0.3) is 11.2 Å². The maximum absolute atomic E-state index is 11.3. The molecular formula is C7H9N3O5. The second-order valence-corrected chi connectivity index (χ2v) is 2.81. The maximum atomic E-state index is 11.3. The number of hydrogen-bond acceptors (Lipinski definition) is 5. The van der Waals surface area contributed by atoms with Gasteiger partial charge in [-0.05, 0) is 4.73 Å². The van der Waals surface area contributed by atoms with Crippen LogP contribution in [0.4, 0.5) is 0 Å². The number of ether oxygens (including phenoxy) is 2. The van der Waals surface area contributed by atoms with Gasteiger partial charge in [0.05, 0.1) is 14.2 Å². The molecule has 0 saturated carbocycles. The van der Waals surface area contributed by atoms with Crippen molar-refractivity contribution in [1.82, 2.24) is 9.46 Å². The molecule has 0 saturated heterocycles. The van der Waals surface area contributed by atoms with E-state index in [-0.39, 0.29) is 22.8 Å². The topological polar surface area (TPSA) is 95.7 Å². The molecular weight excluding hydrogens is 206 g/mol. The number of methoxy groups -OCH3 is 2. The summed E-state index contributed by atoms with van der Waals surface area (Å²) in [4.78, 5) is 0. The molecule has 8 heteroatoms. The van der Waals surface area contributed by atoms with Crippen molar-refractivity contribution < 1.29 is 24.6 Å². The van der Waals surface area contributed by atoms with Crippen molar-refractivity contribution in [2.24, 2.45) is 0 Å². The summed E-state index contributed by atoms with van der Waals surface area (Å²) < 4.78 is 11.1. The van der Waals surface area contributed by atoms with Gasteiger partial charge in [-0.15, -0.1) is 4.73 Å². The van der Waals surface area contributed by atoms with E-state index in [0.717, 1.165) is 6.33 Å². The Bertz CT molecular complexity index is 514. The molecule has 2 aromatic heterocycles. The highest BCUT2D eigenvalue weighted by molar-refractivity contribution is 5.80. The fraction of sp³-hybridized carbons (Fsp3) is 0.286. The summed E-state index contributed by atoms with van der Waals surface area (Å²) in [7, 11) is 2.63. The Kier molecular flexibility index (Phi) is 1.78. The summed E-state index contributed by atoms with van der Waals surface area (Å²) >= 11 is 0. The van der Waals surface area contributed by atoms with Gasteiger partial charge in [-0.2, -0.15) is 0 Å². The van der Waals surface area contributed by atoms with Gasteiger partial charge in [0.1, 0.15) is 0 Å². The third kappa shape index (κ3) is 0.981. The van der Waals surface area contributed by atoms with Crippen LogP contribution < -0.4 is 14.2 Å². The molecule has 0 atom stereocenters. The zero-order valence-electron chi connectivity index (χ0n) is 8.04. The third-order valence-corrected chi connectivity index (χ3v) is 2.06. The molecule has 2 aromatic rings. The molecule has 2 rings (SSSR count). The van der Waals surface area contributed by atoms with Gasteiger partial charge in [0.15, 0.2) is 0 Å². The Balaban J connectivity index is 2.92. The number of imidazole rings is 1. The minimum absolute atomic E-state index is 0.0145. The molecule has 2 N–H and O–H groups in total. The van der Waals surface area contributed by atoms with Crippen LogP contribution in [0.15, 0.2) is 6.33 Å². The first-order valence-corrected chi connectivity index (χ1v) is 3.97. The number of aromatic nitrogens is 3. The van der Waals surface area contributed by atoms with Crippen LogP contribution in [0.5, 0.6) is 11.6 Å². The van der Waals surface area contributed by atoms with Crippen LogP contribution >= 0.6 is 0 Å². The Hall–Kier alpha value is -2.25. The van der Waals surface area contributed by atoms with Crippen molar-refractivity contribution in [1.29, 1.82) is 0 Å². The Morgan fingerprint density at radius 2 is 2.00 bits per heavy atom. The van der Waals surface area contributed by atoms with Crippen LogP contribution in [0.1, 0.15) is 0 Å². The molecule has 82 valence electrons. The second kappa shape index (κ2) is 2.87. The molecule has 15 heavy (non-hydrogen) atoms. The smallest absolute Gasteiger partial charge is 0.331 e. The first-order valence-electron chi connectivity index (χ1n) is 3.97. The van der Waals surface area contributed by atoms with Crippen molar-refractivity contribution in [3.05, 3.63) is 11.5 Å². The molecule has 2 heterocycles. The molecule has 0 unspecified atom stereocenters. The zero-order chi connectivity index (χ0) is 11.2. The number of rotatable bonds is 2. The lowest BCUT2D eigenvalue weighted by molar-refractivity contribution is -0.580. The molecule has 0 spiro atoms. The molecule has 0 bridgehead atoms. The first-order chi connectivity index (χ1) is 7.11. The van der Waals surface area contributed by atoms with E-state index >= 15 is 0 Å². The summed E-state index contributed by atoms with van der Waals surface area (Å²) in [6.07, 6.45) is 0.847. The molecule has 0 aliphatic rings. The van der Waals surface area contributed by atoms with Gasteiger partial charge in [0, 0.05) is 0 Å². The molecule has 0 radical (unpaired) electrons. The van der Waals surface area contributed by atoms with Crippen LogP contribution in [0.2, 0.25) is 0 Å². The number of nitrogens with zero attached hydrogens (tertiary/aromatic N) is 3. The Morgan fingerprint density at radius 3 is 2.53 bits per heavy atom. The van der Waals surface area contributed by atoms with E-state index in [2.05, 4.69) is 0 Å². The van der Waals surface area contributed by atoms with Gasteiger partial charge >= 0.3 is 5.65 Å². The van der Waals surface area contributed by atoms with E-state index in [4.69, 9.17) is 9.47 Å². The van der Waals surface area contributed by atoms with Gasteiger partial charge in [-0.3, -0.25) is 0 Å². The molecule has 0 aromatic carbocycles. The standard InChI is InChI=1S/C7H9N3O5/c1-14-5-4-6(9(12)3-8(4)11)10(13)7(5)15-2/h3,12-13H,1-2H3. The zero-order valence-corrected chi connectivity index (χ0v) is 8.04.